The van der Waals surface area contributed by atoms with Gasteiger partial charge in [-0.1, -0.05) is 166 Å². The summed E-state index contributed by atoms with van der Waals surface area (Å²) in [5.74, 6) is 0.617. The predicted octanol–water partition coefficient (Wildman–Crippen LogP) is 14.6. The molecule has 2 heterocycles. The molecule has 4 heteroatoms. The van der Waals surface area contributed by atoms with Crippen molar-refractivity contribution >= 4 is 62.2 Å². The second kappa shape index (κ2) is 20.3. The Morgan fingerprint density at radius 2 is 1.22 bits per heavy atom. The molecule has 2 aromatic heterocycles. The van der Waals surface area contributed by atoms with Gasteiger partial charge in [-0.15, -0.1) is 0 Å². The van der Waals surface area contributed by atoms with Gasteiger partial charge in [-0.2, -0.15) is 0 Å². The minimum atomic E-state index is 0.617. The standard InChI is InChI=1S/C31H28N2O.C26H21N.C2H6/c1-5-6-17-29-28(27-20-22(2)18-19-30(27)34-29)21-23(3)32-31(26-15-11-8-12-16-26)33-24(4)25-13-9-7-10-14-25;1-18-10-6-7-13-21(18)23-17-26-24(16-19(23)2)22-14-8-9-15-25(22)27(26)20-11-4-3-5-12-20;1-2/h5-21H,4H2,1-3H3;3-17H,1-2H3;1-2H3/b6-5-,28-21?,29-17+,32-23?,33-31?;;. The maximum atomic E-state index is 6.13. The van der Waals surface area contributed by atoms with E-state index < -0.39 is 0 Å². The van der Waals surface area contributed by atoms with Gasteiger partial charge < -0.3 is 8.98 Å². The third-order valence-corrected chi connectivity index (χ3v) is 10.8. The minimum absolute atomic E-state index is 0.617. The lowest BCUT2D eigenvalue weighted by molar-refractivity contribution is 0.576. The van der Waals surface area contributed by atoms with Crippen LogP contribution in [0.4, 0.5) is 0 Å². The molecule has 9 aromatic rings. The van der Waals surface area contributed by atoms with E-state index in [4.69, 9.17) is 14.4 Å². The first-order valence-corrected chi connectivity index (χ1v) is 21.7. The van der Waals surface area contributed by atoms with Crippen molar-refractivity contribution in [1.82, 2.24) is 4.57 Å². The van der Waals surface area contributed by atoms with E-state index in [1.54, 1.807) is 0 Å². The van der Waals surface area contributed by atoms with Crippen LogP contribution in [0.15, 0.2) is 203 Å². The Bertz CT molecular complexity index is 3240. The third-order valence-electron chi connectivity index (χ3n) is 10.8. The molecule has 0 N–H and O–H groups in total. The number of hydrogen-bond acceptors (Lipinski definition) is 2. The first-order chi connectivity index (χ1) is 30.8. The Morgan fingerprint density at radius 1 is 0.587 bits per heavy atom. The SMILES string of the molecule is C=C(N=C(N=C(C)C=c1/c(=C\C=C/C)oc2ccc(C)cc12)c1ccccc1)c1ccccc1.CC.Cc1ccccc1-c1cc2c(cc1C)c1ccccc1n2-c1ccccc1. The molecule has 63 heavy (non-hydrogen) atoms. The number of amidine groups is 1. The Balaban J connectivity index is 0.000000186. The van der Waals surface area contributed by atoms with Gasteiger partial charge in [-0.25, -0.2) is 9.98 Å². The zero-order valence-corrected chi connectivity index (χ0v) is 37.4. The number of aliphatic imine (C=N–C) groups is 2. The molecular formula is C59H55N3O. The van der Waals surface area contributed by atoms with E-state index in [0.29, 0.717) is 11.5 Å². The molecule has 0 bridgehead atoms. The molecule has 0 aliphatic heterocycles. The normalized spacial score (nSPS) is 12.4. The number of allylic oxidation sites excluding steroid dienone is 2. The molecule has 0 aliphatic rings. The number of rotatable bonds is 7. The Kier molecular flexibility index (Phi) is 14.0. The summed E-state index contributed by atoms with van der Waals surface area (Å²) in [6.45, 7) is 18.6. The van der Waals surface area contributed by atoms with Crippen LogP contribution in [-0.2, 0) is 0 Å². The monoisotopic (exact) mass is 821 g/mol. The summed E-state index contributed by atoms with van der Waals surface area (Å²) in [6, 6.07) is 58.8. The van der Waals surface area contributed by atoms with Gasteiger partial charge in [-0.3, -0.25) is 0 Å². The number of para-hydroxylation sites is 2. The predicted molar refractivity (Wildman–Crippen MR) is 273 cm³/mol. The smallest absolute Gasteiger partial charge is 0.159 e. The molecule has 7 aromatic carbocycles. The van der Waals surface area contributed by atoms with Crippen molar-refractivity contribution in [1.29, 1.82) is 0 Å². The lowest BCUT2D eigenvalue weighted by atomic mass is 9.95. The van der Waals surface area contributed by atoms with Crippen LogP contribution in [0.3, 0.4) is 0 Å². The molecule has 0 radical (unpaired) electrons. The Hall–Kier alpha value is -7.56. The first-order valence-electron chi connectivity index (χ1n) is 21.7. The van der Waals surface area contributed by atoms with E-state index in [1.165, 1.54) is 55.3 Å². The van der Waals surface area contributed by atoms with Gasteiger partial charge in [-0.05, 0) is 117 Å². The van der Waals surface area contributed by atoms with Crippen LogP contribution < -0.4 is 10.6 Å². The fraction of sp³-hybridized carbons (Fsp3) is 0.119. The maximum absolute atomic E-state index is 6.13. The molecule has 0 saturated heterocycles. The van der Waals surface area contributed by atoms with Gasteiger partial charge in [0.1, 0.15) is 11.0 Å². The Morgan fingerprint density at radius 3 is 1.92 bits per heavy atom. The van der Waals surface area contributed by atoms with E-state index in [2.05, 4.69) is 141 Å². The number of hydrogen-bond donors (Lipinski definition) is 0. The molecule has 0 fully saturated rings. The van der Waals surface area contributed by atoms with Crippen molar-refractivity contribution in [2.75, 3.05) is 0 Å². The van der Waals surface area contributed by atoms with Gasteiger partial charge in [0.05, 0.1) is 16.7 Å². The zero-order chi connectivity index (χ0) is 44.3. The highest BCUT2D eigenvalue weighted by Gasteiger charge is 2.15. The van der Waals surface area contributed by atoms with Crippen LogP contribution in [-0.4, -0.2) is 16.1 Å². The third kappa shape index (κ3) is 9.82. The fourth-order valence-electron chi connectivity index (χ4n) is 7.82. The molecule has 0 saturated carbocycles. The van der Waals surface area contributed by atoms with E-state index in [9.17, 15) is 0 Å². The van der Waals surface area contributed by atoms with Crippen molar-refractivity contribution in [3.8, 4) is 16.8 Å². The van der Waals surface area contributed by atoms with Crippen molar-refractivity contribution in [2.24, 2.45) is 9.98 Å². The second-order valence-corrected chi connectivity index (χ2v) is 15.3. The molecule has 0 spiro atoms. The number of nitrogens with zero attached hydrogens (tertiary/aromatic N) is 3. The van der Waals surface area contributed by atoms with Crippen LogP contribution in [0.5, 0.6) is 0 Å². The molecule has 0 atom stereocenters. The average molecular weight is 822 g/mol. The Labute approximate surface area is 371 Å². The topological polar surface area (TPSA) is 42.8 Å². The van der Waals surface area contributed by atoms with Gasteiger partial charge in [0.2, 0.25) is 0 Å². The lowest BCUT2D eigenvalue weighted by Gasteiger charge is -2.12. The lowest BCUT2D eigenvalue weighted by Crippen LogP contribution is -2.21. The largest absolute Gasteiger partial charge is 0.456 e. The summed E-state index contributed by atoms with van der Waals surface area (Å²) in [5.41, 5.74) is 15.2. The van der Waals surface area contributed by atoms with Crippen molar-refractivity contribution in [3.63, 3.8) is 0 Å². The van der Waals surface area contributed by atoms with Crippen LogP contribution in [0.25, 0.3) is 67.4 Å². The molecular weight excluding hydrogens is 767 g/mol. The van der Waals surface area contributed by atoms with Gasteiger partial charge >= 0.3 is 0 Å². The molecule has 9 rings (SSSR count). The molecule has 4 nitrogen and oxygen atoms in total. The summed E-state index contributed by atoms with van der Waals surface area (Å²) >= 11 is 0. The van der Waals surface area contributed by atoms with E-state index in [0.717, 1.165) is 38.4 Å². The number of fused-ring (bicyclic) bond motifs is 4. The number of aromatic nitrogens is 1. The molecule has 312 valence electrons. The average Bonchev–Trinajstić information content (AvgIpc) is 3.83. The number of aryl methyl sites for hydroxylation is 3. The molecule has 0 aliphatic carbocycles. The van der Waals surface area contributed by atoms with E-state index in [1.807, 2.05) is 113 Å². The number of furan rings is 1. The summed E-state index contributed by atoms with van der Waals surface area (Å²) in [6.07, 6.45) is 8.01. The summed E-state index contributed by atoms with van der Waals surface area (Å²) in [5, 5.41) is 4.68. The fourth-order valence-corrected chi connectivity index (χ4v) is 7.82. The van der Waals surface area contributed by atoms with E-state index >= 15 is 0 Å². The zero-order valence-electron chi connectivity index (χ0n) is 37.4. The van der Waals surface area contributed by atoms with Crippen LogP contribution in [0.1, 0.15) is 55.5 Å². The van der Waals surface area contributed by atoms with Crippen molar-refractivity contribution < 1.29 is 4.42 Å². The van der Waals surface area contributed by atoms with Gasteiger partial charge in [0.25, 0.3) is 0 Å². The first kappa shape index (κ1) is 43.5. The quantitative estimate of drug-likeness (QED) is 0.117. The van der Waals surface area contributed by atoms with Crippen LogP contribution >= 0.6 is 0 Å². The highest BCUT2D eigenvalue weighted by Crippen LogP contribution is 2.37. The van der Waals surface area contributed by atoms with Crippen molar-refractivity contribution in [2.45, 2.75) is 48.5 Å². The van der Waals surface area contributed by atoms with Gasteiger partial charge in [0, 0.05) is 38.3 Å². The highest BCUT2D eigenvalue weighted by atomic mass is 16.3. The van der Waals surface area contributed by atoms with Crippen LogP contribution in [0.2, 0.25) is 0 Å². The number of benzene rings is 7. The summed E-state index contributed by atoms with van der Waals surface area (Å²) in [7, 11) is 0. The second-order valence-electron chi connectivity index (χ2n) is 15.3. The summed E-state index contributed by atoms with van der Waals surface area (Å²) in [4.78, 5) is 9.72. The summed E-state index contributed by atoms with van der Waals surface area (Å²) < 4.78 is 8.51. The molecule has 0 unspecified atom stereocenters. The van der Waals surface area contributed by atoms with E-state index in [-0.39, 0.29) is 0 Å². The maximum Gasteiger partial charge on any atom is 0.159 e. The van der Waals surface area contributed by atoms with Gasteiger partial charge in [0.15, 0.2) is 5.84 Å². The minimum Gasteiger partial charge on any atom is -0.456 e. The van der Waals surface area contributed by atoms with Crippen LogP contribution in [0, 0.1) is 20.8 Å². The highest BCUT2D eigenvalue weighted by molar-refractivity contribution is 6.18. The van der Waals surface area contributed by atoms with Crippen molar-refractivity contribution in [3.05, 3.63) is 227 Å². The molecule has 0 amide bonds.